The van der Waals surface area contributed by atoms with E-state index in [4.69, 9.17) is 18.9 Å². The molecule has 0 amide bonds. The maximum atomic E-state index is 9.86. The number of aliphatic carboxylic acids is 2. The first-order valence-corrected chi connectivity index (χ1v) is 4.31. The van der Waals surface area contributed by atoms with E-state index in [2.05, 4.69) is 0 Å². The summed E-state index contributed by atoms with van der Waals surface area (Å²) in [5, 5.41) is 19.6. The number of rotatable bonds is 4. The molecule has 0 saturated carbocycles. The average Bonchev–Trinajstić information content (AvgIpc) is 1.98. The van der Waals surface area contributed by atoms with E-state index in [0.717, 1.165) is 0 Å². The topological polar surface area (TPSA) is 164 Å². The quantitative estimate of drug-likeness (QED) is 0.478. The van der Waals surface area contributed by atoms with Crippen molar-refractivity contribution in [2.45, 2.75) is 18.9 Å². The minimum atomic E-state index is -2.61. The van der Waals surface area contributed by atoms with E-state index < -0.39 is 28.5 Å². The van der Waals surface area contributed by atoms with Gasteiger partial charge in [-0.2, -0.15) is 13.2 Å². The second-order valence-electron chi connectivity index (χ2n) is 2.07. The van der Waals surface area contributed by atoms with E-state index in [1.54, 1.807) is 0 Å². The number of carbonyl (C=O) groups excluding carboxylic acids is 2. The van der Waals surface area contributed by atoms with Crippen LogP contribution in [0.25, 0.3) is 0 Å². The number of nitrogens with two attached hydrogens (primary N) is 1. The summed E-state index contributed by atoms with van der Waals surface area (Å²) < 4.78 is 22.8. The molecule has 0 aromatic heterocycles. The number of carbonyl (C=O) groups is 2. The number of hydrogen-bond acceptors (Lipinski definition) is 8. The van der Waals surface area contributed by atoms with Crippen molar-refractivity contribution >= 4 is 22.4 Å². The van der Waals surface area contributed by atoms with Crippen LogP contribution in [-0.4, -0.2) is 26.4 Å². The Balaban J connectivity index is -0.000000105. The Morgan fingerprint density at radius 2 is 1.56 bits per heavy atom. The first-order chi connectivity index (χ1) is 6.27. The zero-order chi connectivity index (χ0) is 11.7. The van der Waals surface area contributed by atoms with Gasteiger partial charge in [-0.25, -0.2) is 0 Å². The third-order valence-corrected chi connectivity index (χ3v) is 0.962. The number of carboxylic acids is 2. The second-order valence-corrected chi connectivity index (χ2v) is 2.54. The zero-order valence-corrected chi connectivity index (χ0v) is 13.7. The summed E-state index contributed by atoms with van der Waals surface area (Å²) in [6, 6.07) is -1.21. The monoisotopic (exact) mass is 270 g/mol. The SMILES string of the molecule is N=S(=O)=O.NC(CCC(=O)[O-])C(=O)[O-].[Na+].[Na+]. The molecule has 11 heteroatoms. The Morgan fingerprint density at radius 1 is 1.25 bits per heavy atom. The van der Waals surface area contributed by atoms with Crippen LogP contribution in [0.3, 0.4) is 0 Å². The van der Waals surface area contributed by atoms with Gasteiger partial charge in [0, 0.05) is 12.0 Å². The number of hydrogen-bond donors (Lipinski definition) is 2. The molecule has 0 aliphatic rings. The molecule has 16 heavy (non-hydrogen) atoms. The summed E-state index contributed by atoms with van der Waals surface area (Å²) in [4.78, 5) is 19.6. The zero-order valence-electron chi connectivity index (χ0n) is 8.93. The van der Waals surface area contributed by atoms with Crippen molar-refractivity contribution in [3.63, 3.8) is 0 Å². The third-order valence-electron chi connectivity index (χ3n) is 0.962. The Kier molecular flexibility index (Phi) is 24.6. The van der Waals surface area contributed by atoms with Crippen molar-refractivity contribution in [3.8, 4) is 0 Å². The van der Waals surface area contributed by atoms with Gasteiger partial charge in [0.25, 0.3) is 0 Å². The van der Waals surface area contributed by atoms with Gasteiger partial charge in [0.2, 0.25) is 0 Å². The van der Waals surface area contributed by atoms with Gasteiger partial charge in [-0.05, 0) is 12.8 Å². The van der Waals surface area contributed by atoms with E-state index in [9.17, 15) is 19.8 Å². The van der Waals surface area contributed by atoms with Crippen LogP contribution in [0.5, 0.6) is 0 Å². The second kappa shape index (κ2) is 15.5. The molecular weight excluding hydrogens is 262 g/mol. The van der Waals surface area contributed by atoms with Gasteiger partial charge in [-0.3, -0.25) is 0 Å². The molecule has 0 rings (SSSR count). The maximum absolute atomic E-state index is 9.86. The summed E-state index contributed by atoms with van der Waals surface area (Å²) in [6.07, 6.45) is -0.500. The molecule has 0 radical (unpaired) electrons. The van der Waals surface area contributed by atoms with Crippen LogP contribution in [-0.2, 0) is 20.1 Å². The molecule has 1 unspecified atom stereocenters. The smallest absolute Gasteiger partial charge is 0.550 e. The Bertz CT molecular complexity index is 297. The summed E-state index contributed by atoms with van der Waals surface area (Å²) >= 11 is 0. The van der Waals surface area contributed by atoms with Gasteiger partial charge >= 0.3 is 69.6 Å². The molecule has 0 aliphatic carbocycles. The van der Waals surface area contributed by atoms with Crippen molar-refractivity contribution in [1.82, 2.24) is 0 Å². The predicted molar refractivity (Wildman–Crippen MR) is 38.9 cm³/mol. The molecule has 82 valence electrons. The third kappa shape index (κ3) is 29.3. The summed E-state index contributed by atoms with van der Waals surface area (Å²) in [5.41, 5.74) is 4.91. The normalized spacial score (nSPS) is 9.31. The molecule has 0 saturated heterocycles. The molecule has 0 aliphatic heterocycles. The van der Waals surface area contributed by atoms with Crippen LogP contribution in [0.1, 0.15) is 12.8 Å². The maximum Gasteiger partial charge on any atom is 1.00 e. The van der Waals surface area contributed by atoms with E-state index >= 15 is 0 Å². The molecular formula is C5H8N2Na2O6S. The molecule has 0 fully saturated rings. The molecule has 1 atom stereocenters. The summed E-state index contributed by atoms with van der Waals surface area (Å²) in [6.45, 7) is 0. The molecule has 0 heterocycles. The number of nitrogens with one attached hydrogen (secondary N) is 1. The van der Waals surface area contributed by atoms with Gasteiger partial charge in [0.05, 0.1) is 5.97 Å². The molecule has 0 aromatic rings. The number of carboxylic acid groups (broad SMARTS) is 2. The van der Waals surface area contributed by atoms with Crippen LogP contribution in [0.15, 0.2) is 0 Å². The van der Waals surface area contributed by atoms with Gasteiger partial charge in [-0.1, -0.05) is 0 Å². The minimum absolute atomic E-state index is 0. The standard InChI is InChI=1S/C5H9NO4.HNO2S.2Na/c6-3(5(9)10)1-2-4(7)8;1-4(2)3;;/h3H,1-2,6H2,(H,7,8)(H,9,10);1H;;/q;;2*+1/p-2. The van der Waals surface area contributed by atoms with E-state index in [0.29, 0.717) is 0 Å². The minimum Gasteiger partial charge on any atom is -0.550 e. The van der Waals surface area contributed by atoms with Crippen molar-refractivity contribution in [2.24, 2.45) is 5.73 Å². The molecule has 0 bridgehead atoms. The van der Waals surface area contributed by atoms with Crippen LogP contribution in [0, 0.1) is 4.78 Å². The summed E-state index contributed by atoms with van der Waals surface area (Å²) in [7, 11) is -2.61. The van der Waals surface area contributed by atoms with Crippen LogP contribution < -0.4 is 75.1 Å². The Hall–Kier alpha value is 0.520. The fourth-order valence-corrected chi connectivity index (χ4v) is 0.391. The van der Waals surface area contributed by atoms with Gasteiger partial charge in [-0.15, -0.1) is 0 Å². The Labute approximate surface area is 138 Å². The summed E-state index contributed by atoms with van der Waals surface area (Å²) in [5.74, 6) is -2.75. The first-order valence-electron chi connectivity index (χ1n) is 3.24. The van der Waals surface area contributed by atoms with Crippen molar-refractivity contribution < 1.29 is 87.3 Å². The van der Waals surface area contributed by atoms with Gasteiger partial charge in [0.15, 0.2) is 0 Å². The van der Waals surface area contributed by atoms with Gasteiger partial charge < -0.3 is 25.5 Å². The van der Waals surface area contributed by atoms with Crippen LogP contribution >= 0.6 is 0 Å². The largest absolute Gasteiger partial charge is 1.00 e. The molecule has 3 N–H and O–H groups in total. The van der Waals surface area contributed by atoms with Gasteiger partial charge in [0.1, 0.15) is 0 Å². The average molecular weight is 270 g/mol. The van der Waals surface area contributed by atoms with E-state index in [1.807, 2.05) is 0 Å². The Morgan fingerprint density at radius 3 is 1.75 bits per heavy atom. The molecule has 0 spiro atoms. The fourth-order valence-electron chi connectivity index (χ4n) is 0.391. The fraction of sp³-hybridized carbons (Fsp3) is 0.600. The van der Waals surface area contributed by atoms with Crippen molar-refractivity contribution in [2.75, 3.05) is 0 Å². The van der Waals surface area contributed by atoms with Crippen LogP contribution in [0.4, 0.5) is 0 Å². The van der Waals surface area contributed by atoms with Crippen LogP contribution in [0.2, 0.25) is 0 Å². The predicted octanol–water partition coefficient (Wildman–Crippen LogP) is -9.77. The first kappa shape index (κ1) is 25.4. The molecule has 0 aromatic carbocycles. The van der Waals surface area contributed by atoms with E-state index in [-0.39, 0.29) is 72.0 Å². The van der Waals surface area contributed by atoms with E-state index in [1.165, 1.54) is 0 Å². The van der Waals surface area contributed by atoms with Crippen molar-refractivity contribution in [3.05, 3.63) is 0 Å². The molecule has 8 nitrogen and oxygen atoms in total. The van der Waals surface area contributed by atoms with Crippen molar-refractivity contribution in [1.29, 1.82) is 4.78 Å².